The molecule has 0 aromatic carbocycles. The van der Waals surface area contributed by atoms with E-state index in [2.05, 4.69) is 101 Å². The van der Waals surface area contributed by atoms with Crippen molar-refractivity contribution in [1.29, 1.82) is 0 Å². The highest BCUT2D eigenvalue weighted by Crippen LogP contribution is 2.41. The van der Waals surface area contributed by atoms with Crippen molar-refractivity contribution >= 4 is 0 Å². The van der Waals surface area contributed by atoms with Crippen LogP contribution < -0.4 is 0 Å². The number of likely N-dealkylation sites (N-methyl/N-ethyl adjacent to an activating group) is 1. The Morgan fingerprint density at radius 3 is 1.15 bits per heavy atom. The first-order valence-corrected chi connectivity index (χ1v) is 13.6. The molecule has 33 heavy (non-hydrogen) atoms. The third-order valence-corrected chi connectivity index (χ3v) is 7.97. The van der Waals surface area contributed by atoms with Gasteiger partial charge in [-0.15, -0.1) is 0 Å². The molecule has 0 N–H and O–H groups in total. The third kappa shape index (κ3) is 9.07. The van der Waals surface area contributed by atoms with Crippen LogP contribution in [0.15, 0.2) is 0 Å². The van der Waals surface area contributed by atoms with Crippen LogP contribution in [0.25, 0.3) is 0 Å². The minimum Gasteiger partial charge on any atom is -0.305 e. The standard InChI is InChI=1S/C10H20N2.C9H20N2.C9H19N/c1-9(2,3)12-7-10(8-12)5-11(4)6-10;1-9(2,3)11-7-5-10(4)6-8-11;1-9(2,3)10-7-5-4-6-8-10/h5-8H2,1-4H3;5-8H2,1-4H3;4-8H2,1-3H3. The Bertz CT molecular complexity index is 555. The van der Waals surface area contributed by atoms with Crippen molar-refractivity contribution < 1.29 is 0 Å². The monoisotopic (exact) mass is 465 g/mol. The Morgan fingerprint density at radius 2 is 0.818 bits per heavy atom. The van der Waals surface area contributed by atoms with Crippen LogP contribution in [0.4, 0.5) is 0 Å². The number of rotatable bonds is 0. The van der Waals surface area contributed by atoms with Crippen LogP contribution in [0.2, 0.25) is 0 Å². The number of piperazine rings is 1. The average Bonchev–Trinajstić information content (AvgIpc) is 2.63. The predicted molar refractivity (Wildman–Crippen MR) is 145 cm³/mol. The fourth-order valence-electron chi connectivity index (χ4n) is 5.58. The molecule has 0 aromatic heterocycles. The Balaban J connectivity index is 0.000000176. The van der Waals surface area contributed by atoms with Crippen LogP contribution in [-0.4, -0.2) is 121 Å². The van der Waals surface area contributed by atoms with Crippen molar-refractivity contribution in [3.05, 3.63) is 0 Å². The van der Waals surface area contributed by atoms with E-state index in [4.69, 9.17) is 0 Å². The van der Waals surface area contributed by atoms with Gasteiger partial charge in [-0.3, -0.25) is 14.7 Å². The molecule has 1 spiro atoms. The van der Waals surface area contributed by atoms with E-state index >= 15 is 0 Å². The lowest BCUT2D eigenvalue weighted by Gasteiger charge is -2.63. The number of hydrogen-bond acceptors (Lipinski definition) is 5. The minimum absolute atomic E-state index is 0.362. The van der Waals surface area contributed by atoms with Crippen molar-refractivity contribution in [2.24, 2.45) is 5.41 Å². The van der Waals surface area contributed by atoms with Gasteiger partial charge in [-0.1, -0.05) is 6.42 Å². The second-order valence-corrected chi connectivity index (χ2v) is 14.4. The Labute approximate surface area is 207 Å². The average molecular weight is 466 g/mol. The first kappa shape index (κ1) is 29.0. The summed E-state index contributed by atoms with van der Waals surface area (Å²) in [7, 11) is 4.41. The smallest absolute Gasteiger partial charge is 0.0212 e. The van der Waals surface area contributed by atoms with Gasteiger partial charge in [-0.2, -0.15) is 0 Å². The van der Waals surface area contributed by atoms with Gasteiger partial charge in [0.15, 0.2) is 0 Å². The van der Waals surface area contributed by atoms with E-state index < -0.39 is 0 Å². The summed E-state index contributed by atoms with van der Waals surface area (Å²) in [5, 5.41) is 0. The molecular weight excluding hydrogens is 406 g/mol. The molecule has 5 nitrogen and oxygen atoms in total. The first-order valence-electron chi connectivity index (χ1n) is 13.6. The predicted octanol–water partition coefficient (Wildman–Crippen LogP) is 4.34. The van der Waals surface area contributed by atoms with E-state index in [0.717, 1.165) is 0 Å². The van der Waals surface area contributed by atoms with E-state index in [1.807, 2.05) is 0 Å². The Hall–Kier alpha value is -0.200. The molecule has 196 valence electrons. The van der Waals surface area contributed by atoms with Crippen molar-refractivity contribution in [2.75, 3.05) is 79.5 Å². The number of hydrogen-bond donors (Lipinski definition) is 0. The molecule has 4 aliphatic rings. The maximum Gasteiger partial charge on any atom is 0.0212 e. The fourth-order valence-corrected chi connectivity index (χ4v) is 5.58. The molecule has 5 heteroatoms. The molecule has 0 radical (unpaired) electrons. The maximum atomic E-state index is 2.58. The third-order valence-electron chi connectivity index (χ3n) is 7.97. The summed E-state index contributed by atoms with van der Waals surface area (Å²) in [6.07, 6.45) is 4.24. The normalized spacial score (nSPS) is 25.9. The zero-order valence-corrected chi connectivity index (χ0v) is 24.4. The van der Waals surface area contributed by atoms with Crippen molar-refractivity contribution in [2.45, 2.75) is 98.2 Å². The summed E-state index contributed by atoms with van der Waals surface area (Å²) >= 11 is 0. The summed E-state index contributed by atoms with van der Waals surface area (Å²) < 4.78 is 0. The van der Waals surface area contributed by atoms with Gasteiger partial charge in [0, 0.05) is 74.4 Å². The molecule has 4 heterocycles. The molecule has 4 aliphatic heterocycles. The maximum absolute atomic E-state index is 2.58. The van der Waals surface area contributed by atoms with Crippen LogP contribution in [0.1, 0.15) is 81.6 Å². The highest BCUT2D eigenvalue weighted by Gasteiger charge is 2.52. The van der Waals surface area contributed by atoms with Crippen molar-refractivity contribution in [3.8, 4) is 0 Å². The van der Waals surface area contributed by atoms with E-state index in [-0.39, 0.29) is 0 Å². The first-order chi connectivity index (χ1) is 15.0. The molecule has 0 aliphatic carbocycles. The highest BCUT2D eigenvalue weighted by molar-refractivity contribution is 5.07. The largest absolute Gasteiger partial charge is 0.305 e. The van der Waals surface area contributed by atoms with E-state index in [1.165, 1.54) is 84.7 Å². The summed E-state index contributed by atoms with van der Waals surface area (Å²) in [6.45, 7) is 33.5. The van der Waals surface area contributed by atoms with Crippen LogP contribution in [0.3, 0.4) is 0 Å². The number of nitrogens with zero attached hydrogens (tertiary/aromatic N) is 5. The van der Waals surface area contributed by atoms with E-state index in [1.54, 1.807) is 0 Å². The fraction of sp³-hybridized carbons (Fsp3) is 1.00. The molecule has 0 saturated carbocycles. The Morgan fingerprint density at radius 1 is 0.424 bits per heavy atom. The van der Waals surface area contributed by atoms with Crippen molar-refractivity contribution in [3.63, 3.8) is 0 Å². The molecule has 4 rings (SSSR count). The topological polar surface area (TPSA) is 16.2 Å². The van der Waals surface area contributed by atoms with Gasteiger partial charge in [-0.05, 0) is 102 Å². The number of piperidine rings is 1. The Kier molecular flexibility index (Phi) is 9.89. The molecule has 0 atom stereocenters. The highest BCUT2D eigenvalue weighted by atomic mass is 15.3. The summed E-state index contributed by atoms with van der Waals surface area (Å²) in [4.78, 5) is 12.5. The molecule has 0 bridgehead atoms. The summed E-state index contributed by atoms with van der Waals surface area (Å²) in [5.74, 6) is 0. The zero-order chi connectivity index (χ0) is 25.1. The lowest BCUT2D eigenvalue weighted by atomic mass is 9.71. The van der Waals surface area contributed by atoms with E-state index in [0.29, 0.717) is 22.0 Å². The van der Waals surface area contributed by atoms with Gasteiger partial charge >= 0.3 is 0 Å². The quantitative estimate of drug-likeness (QED) is 0.527. The second kappa shape index (κ2) is 11.2. The molecule has 0 amide bonds. The van der Waals surface area contributed by atoms with E-state index in [9.17, 15) is 0 Å². The molecule has 0 unspecified atom stereocenters. The van der Waals surface area contributed by atoms with Gasteiger partial charge in [0.25, 0.3) is 0 Å². The van der Waals surface area contributed by atoms with Crippen LogP contribution in [0.5, 0.6) is 0 Å². The summed E-state index contributed by atoms with van der Waals surface area (Å²) in [6, 6.07) is 0. The SMILES string of the molecule is CC(C)(C)N1CCCCC1.CN1CC2(C1)CN(C(C)(C)C)C2.CN1CCN(C(C)(C)C)CC1. The van der Waals surface area contributed by atoms with Gasteiger partial charge in [-0.25, -0.2) is 0 Å². The summed E-state index contributed by atoms with van der Waals surface area (Å²) in [5.41, 5.74) is 1.85. The number of likely N-dealkylation sites (tertiary alicyclic amines) is 3. The van der Waals surface area contributed by atoms with Gasteiger partial charge in [0.05, 0.1) is 0 Å². The molecule has 0 aromatic rings. The lowest BCUT2D eigenvalue weighted by Crippen LogP contribution is -2.73. The van der Waals surface area contributed by atoms with Gasteiger partial charge < -0.3 is 9.80 Å². The van der Waals surface area contributed by atoms with Crippen LogP contribution in [-0.2, 0) is 0 Å². The van der Waals surface area contributed by atoms with Crippen LogP contribution >= 0.6 is 0 Å². The molecule has 4 saturated heterocycles. The zero-order valence-electron chi connectivity index (χ0n) is 24.4. The van der Waals surface area contributed by atoms with Crippen LogP contribution in [0, 0.1) is 5.41 Å². The minimum atomic E-state index is 0.362. The lowest BCUT2D eigenvalue weighted by molar-refractivity contribution is -0.136. The molecular formula is C28H59N5. The van der Waals surface area contributed by atoms with Gasteiger partial charge in [0.1, 0.15) is 0 Å². The molecule has 4 fully saturated rings. The second-order valence-electron chi connectivity index (χ2n) is 14.4. The van der Waals surface area contributed by atoms with Gasteiger partial charge in [0.2, 0.25) is 0 Å². The van der Waals surface area contributed by atoms with Crippen molar-refractivity contribution in [1.82, 2.24) is 24.5 Å².